The zero-order chi connectivity index (χ0) is 13.4. The Morgan fingerprint density at radius 2 is 2.05 bits per heavy atom. The number of nitro benzene ring substituents is 1. The molecule has 0 spiro atoms. The van der Waals surface area contributed by atoms with Crippen molar-refractivity contribution in [1.82, 2.24) is 4.90 Å². The van der Waals surface area contributed by atoms with Gasteiger partial charge in [0.2, 0.25) is 0 Å². The van der Waals surface area contributed by atoms with E-state index in [0.29, 0.717) is 16.7 Å². The van der Waals surface area contributed by atoms with Crippen LogP contribution in [0.5, 0.6) is 0 Å². The van der Waals surface area contributed by atoms with E-state index in [4.69, 9.17) is 4.74 Å². The van der Waals surface area contributed by atoms with Crippen LogP contribution in [0.15, 0.2) is 22.7 Å². The van der Waals surface area contributed by atoms with Gasteiger partial charge in [0.1, 0.15) is 0 Å². The smallest absolute Gasteiger partial charge is 0.283 e. The van der Waals surface area contributed by atoms with Crippen LogP contribution in [0.3, 0.4) is 0 Å². The van der Waals surface area contributed by atoms with Gasteiger partial charge in [-0.2, -0.15) is 0 Å². The summed E-state index contributed by atoms with van der Waals surface area (Å²) in [4.78, 5) is 12.9. The van der Waals surface area contributed by atoms with Crippen molar-refractivity contribution >= 4 is 21.6 Å². The third-order valence-electron chi connectivity index (χ3n) is 3.77. The largest absolute Gasteiger partial charge is 0.372 e. The van der Waals surface area contributed by atoms with Crippen LogP contribution >= 0.6 is 15.9 Å². The molecule has 1 aromatic carbocycles. The number of halogens is 1. The minimum atomic E-state index is -0.351. The molecule has 0 aliphatic carbocycles. The number of morpholine rings is 1. The molecule has 0 amide bonds. The first-order valence-corrected chi connectivity index (χ1v) is 7.22. The molecule has 2 heterocycles. The molecule has 0 N–H and O–H groups in total. The molecule has 0 aromatic heterocycles. The normalized spacial score (nSPS) is 26.6. The quantitative estimate of drug-likeness (QED) is 0.633. The summed E-state index contributed by atoms with van der Waals surface area (Å²) in [5, 5.41) is 10.9. The van der Waals surface area contributed by atoms with Gasteiger partial charge in [0, 0.05) is 25.7 Å². The summed E-state index contributed by atoms with van der Waals surface area (Å²) in [6.45, 7) is 2.58. The standard InChI is InChI=1S/C13H15BrN2O3/c14-13-9(2-1-3-12(13)16(17)18)6-15-7-10-4-5-11(8-15)19-10/h1-3,10-11H,4-8H2. The lowest BCUT2D eigenvalue weighted by atomic mass is 10.1. The molecule has 2 unspecified atom stereocenters. The van der Waals surface area contributed by atoms with Gasteiger partial charge < -0.3 is 4.74 Å². The van der Waals surface area contributed by atoms with Crippen molar-refractivity contribution in [3.63, 3.8) is 0 Å². The van der Waals surface area contributed by atoms with Crippen molar-refractivity contribution in [1.29, 1.82) is 0 Å². The fraction of sp³-hybridized carbons (Fsp3) is 0.538. The van der Waals surface area contributed by atoms with E-state index in [1.807, 2.05) is 6.07 Å². The Hall–Kier alpha value is -0.980. The Labute approximate surface area is 119 Å². The van der Waals surface area contributed by atoms with Crippen LogP contribution < -0.4 is 0 Å². The first-order valence-electron chi connectivity index (χ1n) is 6.43. The maximum absolute atomic E-state index is 10.9. The van der Waals surface area contributed by atoms with E-state index in [2.05, 4.69) is 20.8 Å². The number of nitrogens with zero attached hydrogens (tertiary/aromatic N) is 2. The highest BCUT2D eigenvalue weighted by molar-refractivity contribution is 9.10. The van der Waals surface area contributed by atoms with Gasteiger partial charge in [-0.3, -0.25) is 15.0 Å². The number of benzene rings is 1. The highest BCUT2D eigenvalue weighted by atomic mass is 79.9. The second-order valence-corrected chi connectivity index (χ2v) is 5.95. The van der Waals surface area contributed by atoms with E-state index in [1.54, 1.807) is 6.07 Å². The Kier molecular flexibility index (Phi) is 3.56. The van der Waals surface area contributed by atoms with Gasteiger partial charge in [0.15, 0.2) is 0 Å². The second-order valence-electron chi connectivity index (χ2n) is 5.16. The van der Waals surface area contributed by atoms with Crippen molar-refractivity contribution in [3.05, 3.63) is 38.3 Å². The second kappa shape index (κ2) is 5.19. The summed E-state index contributed by atoms with van der Waals surface area (Å²) in [6.07, 6.45) is 2.96. The van der Waals surface area contributed by atoms with Crippen LogP contribution in [-0.2, 0) is 11.3 Å². The first-order chi connectivity index (χ1) is 9.13. The maximum Gasteiger partial charge on any atom is 0.283 e. The predicted molar refractivity (Wildman–Crippen MR) is 74.0 cm³/mol. The topological polar surface area (TPSA) is 55.6 Å². The highest BCUT2D eigenvalue weighted by Crippen LogP contribution is 2.31. The molecule has 2 atom stereocenters. The van der Waals surface area contributed by atoms with E-state index in [-0.39, 0.29) is 10.6 Å². The molecule has 2 aliphatic rings. The third-order valence-corrected chi connectivity index (χ3v) is 4.68. The lowest BCUT2D eigenvalue weighted by Crippen LogP contribution is -2.42. The SMILES string of the molecule is O=[N+]([O-])c1cccc(CN2CC3CCC(C2)O3)c1Br. The summed E-state index contributed by atoms with van der Waals surface area (Å²) in [5.41, 5.74) is 1.10. The summed E-state index contributed by atoms with van der Waals surface area (Å²) >= 11 is 3.35. The number of rotatable bonds is 3. The number of fused-ring (bicyclic) bond motifs is 2. The zero-order valence-corrected chi connectivity index (χ0v) is 12.0. The third kappa shape index (κ3) is 2.66. The summed E-state index contributed by atoms with van der Waals surface area (Å²) in [6, 6.07) is 5.21. The molecule has 0 saturated carbocycles. The number of hydrogen-bond donors (Lipinski definition) is 0. The van der Waals surface area contributed by atoms with Crippen molar-refractivity contribution in [2.75, 3.05) is 13.1 Å². The molecule has 2 bridgehead atoms. The van der Waals surface area contributed by atoms with Gasteiger partial charge in [0.25, 0.3) is 5.69 Å². The fourth-order valence-electron chi connectivity index (χ4n) is 2.90. The van der Waals surface area contributed by atoms with Gasteiger partial charge in [0.05, 0.1) is 21.6 Å². The van der Waals surface area contributed by atoms with Crippen LogP contribution in [0, 0.1) is 10.1 Å². The number of ether oxygens (including phenoxy) is 1. The highest BCUT2D eigenvalue weighted by Gasteiger charge is 2.33. The average Bonchev–Trinajstić information content (AvgIpc) is 2.71. The molecule has 2 fully saturated rings. The first kappa shape index (κ1) is 13.0. The van der Waals surface area contributed by atoms with Crippen molar-refractivity contribution < 1.29 is 9.66 Å². The van der Waals surface area contributed by atoms with Gasteiger partial charge in [-0.15, -0.1) is 0 Å². The van der Waals surface area contributed by atoms with Gasteiger partial charge in [-0.25, -0.2) is 0 Å². The molecule has 2 saturated heterocycles. The molecule has 5 nitrogen and oxygen atoms in total. The van der Waals surface area contributed by atoms with Crippen LogP contribution in [0.1, 0.15) is 18.4 Å². The molecule has 102 valence electrons. The number of likely N-dealkylation sites (tertiary alicyclic amines) is 1. The molecule has 1 aromatic rings. The molecule has 0 radical (unpaired) electrons. The average molecular weight is 327 g/mol. The summed E-state index contributed by atoms with van der Waals surface area (Å²) in [5.74, 6) is 0. The molecule has 6 heteroatoms. The maximum atomic E-state index is 10.9. The Morgan fingerprint density at radius 1 is 1.37 bits per heavy atom. The molecular weight excluding hydrogens is 312 g/mol. The van der Waals surface area contributed by atoms with Crippen LogP contribution in [0.4, 0.5) is 5.69 Å². The van der Waals surface area contributed by atoms with Gasteiger partial charge >= 0.3 is 0 Å². The molecular formula is C13H15BrN2O3. The lowest BCUT2D eigenvalue weighted by molar-refractivity contribution is -0.385. The molecule has 3 rings (SSSR count). The van der Waals surface area contributed by atoms with Crippen LogP contribution in [-0.4, -0.2) is 35.1 Å². The Balaban J connectivity index is 1.76. The minimum absolute atomic E-state index is 0.133. The van der Waals surface area contributed by atoms with Gasteiger partial charge in [-0.05, 0) is 34.3 Å². The van der Waals surface area contributed by atoms with Crippen molar-refractivity contribution in [3.8, 4) is 0 Å². The van der Waals surface area contributed by atoms with Crippen molar-refractivity contribution in [2.24, 2.45) is 0 Å². The van der Waals surface area contributed by atoms with Crippen LogP contribution in [0.25, 0.3) is 0 Å². The van der Waals surface area contributed by atoms with E-state index in [1.165, 1.54) is 6.07 Å². The van der Waals surface area contributed by atoms with Crippen LogP contribution in [0.2, 0.25) is 0 Å². The summed E-state index contributed by atoms with van der Waals surface area (Å²) < 4.78 is 6.39. The monoisotopic (exact) mass is 326 g/mol. The van der Waals surface area contributed by atoms with Crippen molar-refractivity contribution in [2.45, 2.75) is 31.6 Å². The molecule has 19 heavy (non-hydrogen) atoms. The molecule has 2 aliphatic heterocycles. The van der Waals surface area contributed by atoms with E-state index >= 15 is 0 Å². The Bertz CT molecular complexity index is 497. The number of nitro groups is 1. The zero-order valence-electron chi connectivity index (χ0n) is 10.4. The minimum Gasteiger partial charge on any atom is -0.372 e. The summed E-state index contributed by atoms with van der Waals surface area (Å²) in [7, 11) is 0. The lowest BCUT2D eigenvalue weighted by Gasteiger charge is -2.32. The van der Waals surface area contributed by atoms with E-state index in [0.717, 1.165) is 38.0 Å². The number of hydrogen-bond acceptors (Lipinski definition) is 4. The predicted octanol–water partition coefficient (Wildman–Crippen LogP) is 2.72. The Morgan fingerprint density at radius 3 is 2.68 bits per heavy atom. The van der Waals surface area contributed by atoms with E-state index in [9.17, 15) is 10.1 Å². The van der Waals surface area contributed by atoms with E-state index < -0.39 is 0 Å². The van der Waals surface area contributed by atoms with Gasteiger partial charge in [-0.1, -0.05) is 12.1 Å². The fourth-order valence-corrected chi connectivity index (χ4v) is 3.43.